The van der Waals surface area contributed by atoms with Gasteiger partial charge in [-0.25, -0.2) is 0 Å². The minimum atomic E-state index is -0.291. The number of methoxy groups -OCH3 is 1. The quantitative estimate of drug-likeness (QED) is 0.434. The van der Waals surface area contributed by atoms with Crippen LogP contribution in [0.1, 0.15) is 23.1 Å². The second-order valence-electron chi connectivity index (χ2n) is 7.99. The van der Waals surface area contributed by atoms with Crippen molar-refractivity contribution in [2.24, 2.45) is 0 Å². The molecule has 0 radical (unpaired) electrons. The van der Waals surface area contributed by atoms with Crippen molar-refractivity contribution in [2.45, 2.75) is 19.4 Å². The monoisotopic (exact) mass is 450 g/mol. The first-order valence-electron chi connectivity index (χ1n) is 10.5. The number of hydrogen-bond acceptors (Lipinski definition) is 7. The summed E-state index contributed by atoms with van der Waals surface area (Å²) in [6.07, 6.45) is 1.59. The molecular weight excluding hydrogens is 424 g/mol. The van der Waals surface area contributed by atoms with Gasteiger partial charge in [0, 0.05) is 18.2 Å². The van der Waals surface area contributed by atoms with Crippen LogP contribution in [0, 0.1) is 6.92 Å². The summed E-state index contributed by atoms with van der Waals surface area (Å²) in [6.45, 7) is 2.05. The molecule has 1 N–H and O–H groups in total. The van der Waals surface area contributed by atoms with E-state index >= 15 is 0 Å². The average Bonchev–Trinajstić information content (AvgIpc) is 3.43. The lowest BCUT2D eigenvalue weighted by molar-refractivity contribution is -0.120. The van der Waals surface area contributed by atoms with Gasteiger partial charge in [0.05, 0.1) is 31.4 Å². The van der Waals surface area contributed by atoms with Gasteiger partial charge in [0.25, 0.3) is 0 Å². The normalized spacial score (nSPS) is 12.3. The van der Waals surface area contributed by atoms with Crippen LogP contribution < -0.4 is 15.5 Å². The smallest absolute Gasteiger partial charge is 0.228 e. The van der Waals surface area contributed by atoms with Crippen molar-refractivity contribution in [3.05, 3.63) is 76.0 Å². The first-order chi connectivity index (χ1) is 15.9. The number of hydrogen-bond donors (Lipinski definition) is 1. The second-order valence-corrected chi connectivity index (χ2v) is 7.99. The fourth-order valence-corrected chi connectivity index (χ4v) is 3.75. The molecule has 0 spiro atoms. The highest BCUT2D eigenvalue weighted by Gasteiger charge is 2.24. The van der Waals surface area contributed by atoms with Crippen molar-refractivity contribution < 1.29 is 22.8 Å². The zero-order valence-electron chi connectivity index (χ0n) is 19.0. The third-order valence-corrected chi connectivity index (χ3v) is 5.46. The molecule has 0 fully saturated rings. The van der Waals surface area contributed by atoms with E-state index in [1.165, 1.54) is 6.07 Å². The van der Waals surface area contributed by atoms with Crippen LogP contribution in [-0.4, -0.2) is 38.6 Å². The number of aryl methyl sites for hydroxylation is 1. The molecule has 0 aliphatic carbocycles. The fraction of sp³-hybridized carbons (Fsp3) is 0.280. The van der Waals surface area contributed by atoms with Crippen LogP contribution >= 0.6 is 0 Å². The molecule has 8 heteroatoms. The van der Waals surface area contributed by atoms with Crippen LogP contribution in [0.2, 0.25) is 0 Å². The van der Waals surface area contributed by atoms with Crippen LogP contribution in [-0.2, 0) is 11.2 Å². The highest BCUT2D eigenvalue weighted by atomic mass is 16.5. The van der Waals surface area contributed by atoms with Crippen LogP contribution in [0.25, 0.3) is 22.5 Å². The lowest BCUT2D eigenvalue weighted by Crippen LogP contribution is -2.35. The number of nitrogens with zero attached hydrogens (tertiary/aromatic N) is 1. The predicted molar refractivity (Wildman–Crippen MR) is 123 cm³/mol. The van der Waals surface area contributed by atoms with Crippen LogP contribution in [0.3, 0.4) is 0 Å². The van der Waals surface area contributed by atoms with E-state index in [1.54, 1.807) is 32.4 Å². The molecule has 0 saturated heterocycles. The third kappa shape index (κ3) is 4.70. The van der Waals surface area contributed by atoms with Crippen molar-refractivity contribution in [3.8, 4) is 17.1 Å². The summed E-state index contributed by atoms with van der Waals surface area (Å²) in [5.41, 5.74) is 1.32. The summed E-state index contributed by atoms with van der Waals surface area (Å²) < 4.78 is 22.5. The topological polar surface area (TPSA) is 98.1 Å². The van der Waals surface area contributed by atoms with E-state index < -0.39 is 0 Å². The van der Waals surface area contributed by atoms with Gasteiger partial charge in [-0.15, -0.1) is 0 Å². The molecule has 172 valence electrons. The summed E-state index contributed by atoms with van der Waals surface area (Å²) in [4.78, 5) is 27.4. The van der Waals surface area contributed by atoms with E-state index in [-0.39, 0.29) is 35.0 Å². The number of likely N-dealkylation sites (N-methyl/N-ethyl adjacent to an activating group) is 1. The van der Waals surface area contributed by atoms with E-state index in [0.29, 0.717) is 34.9 Å². The summed E-state index contributed by atoms with van der Waals surface area (Å²) >= 11 is 0. The van der Waals surface area contributed by atoms with Crippen LogP contribution in [0.4, 0.5) is 0 Å². The van der Waals surface area contributed by atoms with Crippen molar-refractivity contribution >= 4 is 17.1 Å². The number of carbonyl (C=O) groups is 1. The number of benzene rings is 1. The molecule has 3 heterocycles. The highest BCUT2D eigenvalue weighted by molar-refractivity contribution is 5.90. The molecule has 4 aromatic rings. The molecule has 4 rings (SSSR count). The SMILES string of the molecule is COc1ccc(-c2oc3c(=O)cc(C)oc3c2CC(=O)NC[C@@H](c2ccco2)N(C)C)cc1. The molecule has 0 unspecified atom stereocenters. The molecule has 1 aromatic carbocycles. The summed E-state index contributed by atoms with van der Waals surface area (Å²) in [5, 5.41) is 2.96. The maximum absolute atomic E-state index is 13.0. The Morgan fingerprint density at radius 2 is 1.88 bits per heavy atom. The Hall–Kier alpha value is -3.78. The Balaban J connectivity index is 1.65. The number of nitrogens with one attached hydrogen (secondary N) is 1. The summed E-state index contributed by atoms with van der Waals surface area (Å²) in [5.74, 6) is 2.09. The molecule has 1 amide bonds. The Bertz CT molecular complexity index is 1300. The molecule has 0 aliphatic heterocycles. The highest BCUT2D eigenvalue weighted by Crippen LogP contribution is 2.34. The Labute approximate surface area is 190 Å². The van der Waals surface area contributed by atoms with E-state index in [1.807, 2.05) is 43.3 Å². The molecule has 3 aromatic heterocycles. The maximum Gasteiger partial charge on any atom is 0.228 e. The van der Waals surface area contributed by atoms with Crippen molar-refractivity contribution in [1.82, 2.24) is 10.2 Å². The summed E-state index contributed by atoms with van der Waals surface area (Å²) in [7, 11) is 5.42. The molecule has 0 bridgehead atoms. The Morgan fingerprint density at radius 1 is 1.12 bits per heavy atom. The standard InChI is InChI=1S/C25H26N2O6/c1-15-12-20(28)25-24(32-15)18(23(33-25)16-7-9-17(30-4)10-8-16)13-22(29)26-14-19(27(2)3)21-6-5-11-31-21/h5-12,19H,13-14H2,1-4H3,(H,26,29)/t19-/m0/s1. The van der Waals surface area contributed by atoms with Crippen molar-refractivity contribution in [3.63, 3.8) is 0 Å². The fourth-order valence-electron chi connectivity index (χ4n) is 3.75. The van der Waals surface area contributed by atoms with Gasteiger partial charge >= 0.3 is 0 Å². The zero-order chi connectivity index (χ0) is 23.5. The van der Waals surface area contributed by atoms with Gasteiger partial charge in [-0.2, -0.15) is 0 Å². The van der Waals surface area contributed by atoms with Crippen LogP contribution in [0.5, 0.6) is 5.75 Å². The molecule has 33 heavy (non-hydrogen) atoms. The number of furan rings is 2. The van der Waals surface area contributed by atoms with Gasteiger partial charge < -0.3 is 23.3 Å². The number of fused-ring (bicyclic) bond motifs is 1. The molecule has 0 aliphatic rings. The van der Waals surface area contributed by atoms with Crippen molar-refractivity contribution in [2.75, 3.05) is 27.7 Å². The van der Waals surface area contributed by atoms with Gasteiger partial charge in [0.2, 0.25) is 16.9 Å². The number of carbonyl (C=O) groups excluding carboxylic acids is 1. The number of rotatable bonds is 8. The van der Waals surface area contributed by atoms with E-state index in [4.69, 9.17) is 18.0 Å². The van der Waals surface area contributed by atoms with Crippen molar-refractivity contribution in [1.29, 1.82) is 0 Å². The van der Waals surface area contributed by atoms with Gasteiger partial charge in [-0.05, 0) is 57.4 Å². The zero-order valence-corrected chi connectivity index (χ0v) is 19.0. The van der Waals surface area contributed by atoms with E-state index in [0.717, 1.165) is 5.76 Å². The third-order valence-electron chi connectivity index (χ3n) is 5.46. The molecule has 1 atom stereocenters. The van der Waals surface area contributed by atoms with Crippen LogP contribution in [0.15, 0.2) is 66.8 Å². The second kappa shape index (κ2) is 9.38. The Kier molecular flexibility index (Phi) is 6.37. The minimum absolute atomic E-state index is 0.0148. The molecule has 0 saturated carbocycles. The minimum Gasteiger partial charge on any atom is -0.497 e. The average molecular weight is 450 g/mol. The maximum atomic E-state index is 13.0. The van der Waals surface area contributed by atoms with Gasteiger partial charge in [0.1, 0.15) is 23.0 Å². The first kappa shape index (κ1) is 22.4. The molecule has 8 nitrogen and oxygen atoms in total. The van der Waals surface area contributed by atoms with Gasteiger partial charge in [-0.1, -0.05) is 0 Å². The molecular formula is C25H26N2O6. The van der Waals surface area contributed by atoms with E-state index in [2.05, 4.69) is 5.32 Å². The number of amides is 1. The first-order valence-corrected chi connectivity index (χ1v) is 10.5. The predicted octanol–water partition coefficient (Wildman–Crippen LogP) is 3.92. The lowest BCUT2D eigenvalue weighted by atomic mass is 10.0. The van der Waals surface area contributed by atoms with E-state index in [9.17, 15) is 9.59 Å². The lowest BCUT2D eigenvalue weighted by Gasteiger charge is -2.22. The Morgan fingerprint density at radius 3 is 2.52 bits per heavy atom. The van der Waals surface area contributed by atoms with Gasteiger partial charge in [-0.3, -0.25) is 14.5 Å². The number of ether oxygens (including phenoxy) is 1. The summed E-state index contributed by atoms with van der Waals surface area (Å²) in [6, 6.07) is 12.2. The van der Waals surface area contributed by atoms with Gasteiger partial charge in [0.15, 0.2) is 5.58 Å². The largest absolute Gasteiger partial charge is 0.497 e.